The molecule has 2 N–H and O–H groups in total. The molecule has 5 heteroatoms. The highest BCUT2D eigenvalue weighted by atomic mass is 35.5. The molecular weight excluding hydrogens is 260 g/mol. The Bertz CT molecular complexity index is 557. The van der Waals surface area contributed by atoms with Crippen molar-refractivity contribution in [1.29, 1.82) is 0 Å². The van der Waals surface area contributed by atoms with E-state index < -0.39 is 0 Å². The summed E-state index contributed by atoms with van der Waals surface area (Å²) in [5, 5.41) is 6.67. The number of anilines is 2. The third-order valence-corrected chi connectivity index (χ3v) is 3.19. The molecule has 0 spiro atoms. The van der Waals surface area contributed by atoms with Crippen molar-refractivity contribution in [2.45, 2.75) is 19.9 Å². The fourth-order valence-corrected chi connectivity index (χ4v) is 2.02. The van der Waals surface area contributed by atoms with Gasteiger partial charge in [0, 0.05) is 13.6 Å². The van der Waals surface area contributed by atoms with Crippen molar-refractivity contribution in [1.82, 2.24) is 9.97 Å². The van der Waals surface area contributed by atoms with Gasteiger partial charge in [0.25, 0.3) is 0 Å². The molecule has 0 bridgehead atoms. The van der Waals surface area contributed by atoms with Crippen LogP contribution in [-0.4, -0.2) is 17.0 Å². The van der Waals surface area contributed by atoms with Gasteiger partial charge >= 0.3 is 0 Å². The van der Waals surface area contributed by atoms with Crippen LogP contribution in [0.25, 0.3) is 0 Å². The average Bonchev–Trinajstić information content (AvgIpc) is 2.46. The van der Waals surface area contributed by atoms with Crippen molar-refractivity contribution in [2.75, 3.05) is 17.7 Å². The molecule has 0 saturated heterocycles. The Morgan fingerprint density at radius 1 is 1.21 bits per heavy atom. The zero-order valence-electron chi connectivity index (χ0n) is 11.1. The standard InChI is InChI=1S/C14H17ClN4/c1-3-10-6-4-5-7-11(10)8-17-13-12(15)9-18-14(16-2)19-13/h4-7,9H,3,8H2,1-2H3,(H2,16,17,18,19). The average molecular weight is 277 g/mol. The quantitative estimate of drug-likeness (QED) is 0.879. The summed E-state index contributed by atoms with van der Waals surface area (Å²) in [6.07, 6.45) is 2.60. The van der Waals surface area contributed by atoms with Gasteiger partial charge in [0.1, 0.15) is 5.02 Å². The molecule has 4 nitrogen and oxygen atoms in total. The van der Waals surface area contributed by atoms with Crippen LogP contribution in [-0.2, 0) is 13.0 Å². The number of nitrogens with one attached hydrogen (secondary N) is 2. The first kappa shape index (κ1) is 13.6. The lowest BCUT2D eigenvalue weighted by molar-refractivity contribution is 1.03. The normalized spacial score (nSPS) is 10.3. The zero-order chi connectivity index (χ0) is 13.7. The summed E-state index contributed by atoms with van der Waals surface area (Å²) in [6.45, 7) is 2.85. The van der Waals surface area contributed by atoms with Crippen molar-refractivity contribution in [2.24, 2.45) is 0 Å². The van der Waals surface area contributed by atoms with Gasteiger partial charge in [0.05, 0.1) is 6.20 Å². The summed E-state index contributed by atoms with van der Waals surface area (Å²) in [7, 11) is 1.78. The number of rotatable bonds is 5. The van der Waals surface area contributed by atoms with Crippen molar-refractivity contribution in [3.8, 4) is 0 Å². The van der Waals surface area contributed by atoms with Crippen molar-refractivity contribution < 1.29 is 0 Å². The maximum absolute atomic E-state index is 6.08. The topological polar surface area (TPSA) is 49.8 Å². The van der Waals surface area contributed by atoms with Gasteiger partial charge in [-0.3, -0.25) is 0 Å². The van der Waals surface area contributed by atoms with Gasteiger partial charge in [-0.15, -0.1) is 0 Å². The summed E-state index contributed by atoms with van der Waals surface area (Å²) < 4.78 is 0. The van der Waals surface area contributed by atoms with Crippen LogP contribution >= 0.6 is 11.6 Å². The van der Waals surface area contributed by atoms with E-state index in [0.29, 0.717) is 23.3 Å². The summed E-state index contributed by atoms with van der Waals surface area (Å²) >= 11 is 6.08. The van der Waals surface area contributed by atoms with Gasteiger partial charge < -0.3 is 10.6 Å². The Kier molecular flexibility index (Phi) is 4.58. The van der Waals surface area contributed by atoms with Crippen LogP contribution in [0.2, 0.25) is 5.02 Å². The van der Waals surface area contributed by atoms with E-state index in [0.717, 1.165) is 6.42 Å². The molecule has 1 heterocycles. The van der Waals surface area contributed by atoms with Gasteiger partial charge in [-0.05, 0) is 17.5 Å². The molecule has 0 radical (unpaired) electrons. The number of nitrogens with zero attached hydrogens (tertiary/aromatic N) is 2. The monoisotopic (exact) mass is 276 g/mol. The fourth-order valence-electron chi connectivity index (χ4n) is 1.87. The SMILES string of the molecule is CCc1ccccc1CNc1nc(NC)ncc1Cl. The van der Waals surface area contributed by atoms with Crippen LogP contribution in [0.5, 0.6) is 0 Å². The molecule has 0 amide bonds. The molecule has 0 aliphatic heterocycles. The molecule has 100 valence electrons. The number of aryl methyl sites for hydroxylation is 1. The molecule has 0 saturated carbocycles. The van der Waals surface area contributed by atoms with Crippen molar-refractivity contribution in [3.63, 3.8) is 0 Å². The van der Waals surface area contributed by atoms with E-state index >= 15 is 0 Å². The third-order valence-electron chi connectivity index (χ3n) is 2.91. The van der Waals surface area contributed by atoms with Gasteiger partial charge in [-0.25, -0.2) is 4.98 Å². The highest BCUT2D eigenvalue weighted by molar-refractivity contribution is 6.32. The van der Waals surface area contributed by atoms with Crippen LogP contribution in [0.15, 0.2) is 30.5 Å². The summed E-state index contributed by atoms with van der Waals surface area (Å²) in [5.41, 5.74) is 2.58. The highest BCUT2D eigenvalue weighted by Gasteiger charge is 2.05. The van der Waals surface area contributed by atoms with E-state index in [1.165, 1.54) is 11.1 Å². The predicted octanol–water partition coefficient (Wildman–Crippen LogP) is 3.35. The minimum Gasteiger partial charge on any atom is -0.365 e. The molecule has 0 aliphatic carbocycles. The summed E-state index contributed by atoms with van der Waals surface area (Å²) in [6, 6.07) is 8.34. The van der Waals surface area contributed by atoms with Gasteiger partial charge in [-0.1, -0.05) is 42.8 Å². The molecule has 0 aliphatic rings. The lowest BCUT2D eigenvalue weighted by atomic mass is 10.1. The van der Waals surface area contributed by atoms with Crippen LogP contribution in [0.4, 0.5) is 11.8 Å². The number of benzene rings is 1. The second kappa shape index (κ2) is 6.38. The first-order valence-electron chi connectivity index (χ1n) is 6.25. The minimum absolute atomic E-state index is 0.521. The number of hydrogen-bond donors (Lipinski definition) is 2. The van der Waals surface area contributed by atoms with Crippen molar-refractivity contribution in [3.05, 3.63) is 46.6 Å². The second-order valence-corrected chi connectivity index (χ2v) is 4.52. The minimum atomic E-state index is 0.521. The van der Waals surface area contributed by atoms with Gasteiger partial charge in [-0.2, -0.15) is 4.98 Å². The number of hydrogen-bond acceptors (Lipinski definition) is 4. The summed E-state index contributed by atoms with van der Waals surface area (Å²) in [5.74, 6) is 1.20. The highest BCUT2D eigenvalue weighted by Crippen LogP contribution is 2.20. The maximum atomic E-state index is 6.08. The van der Waals surface area contributed by atoms with E-state index in [2.05, 4.69) is 45.7 Å². The molecule has 2 aromatic rings. The van der Waals surface area contributed by atoms with Crippen LogP contribution in [0, 0.1) is 0 Å². The predicted molar refractivity (Wildman–Crippen MR) is 79.7 cm³/mol. The van der Waals surface area contributed by atoms with E-state index in [1.54, 1.807) is 13.2 Å². The van der Waals surface area contributed by atoms with Crippen molar-refractivity contribution >= 4 is 23.4 Å². The largest absolute Gasteiger partial charge is 0.365 e. The number of aromatic nitrogens is 2. The molecule has 1 aromatic heterocycles. The lowest BCUT2D eigenvalue weighted by Crippen LogP contribution is -2.06. The molecule has 0 fully saturated rings. The summed E-state index contributed by atoms with van der Waals surface area (Å²) in [4.78, 5) is 8.35. The van der Waals surface area contributed by atoms with E-state index in [1.807, 2.05) is 6.07 Å². The third kappa shape index (κ3) is 3.35. The lowest BCUT2D eigenvalue weighted by Gasteiger charge is -2.11. The molecule has 0 unspecified atom stereocenters. The van der Waals surface area contributed by atoms with Gasteiger partial charge in [0.15, 0.2) is 5.82 Å². The van der Waals surface area contributed by atoms with E-state index in [4.69, 9.17) is 11.6 Å². The fraction of sp³-hybridized carbons (Fsp3) is 0.286. The van der Waals surface area contributed by atoms with Crippen LogP contribution in [0.3, 0.4) is 0 Å². The molecule has 1 aromatic carbocycles. The van der Waals surface area contributed by atoms with Crippen LogP contribution in [0.1, 0.15) is 18.1 Å². The second-order valence-electron chi connectivity index (χ2n) is 4.12. The van der Waals surface area contributed by atoms with E-state index in [-0.39, 0.29) is 0 Å². The number of halogens is 1. The zero-order valence-corrected chi connectivity index (χ0v) is 11.8. The van der Waals surface area contributed by atoms with E-state index in [9.17, 15) is 0 Å². The van der Waals surface area contributed by atoms with Gasteiger partial charge in [0.2, 0.25) is 5.95 Å². The first-order chi connectivity index (χ1) is 9.24. The smallest absolute Gasteiger partial charge is 0.224 e. The molecule has 2 rings (SSSR count). The first-order valence-corrected chi connectivity index (χ1v) is 6.63. The Balaban J connectivity index is 2.14. The molecular formula is C14H17ClN4. The maximum Gasteiger partial charge on any atom is 0.224 e. The Hall–Kier alpha value is -1.81. The Morgan fingerprint density at radius 3 is 2.63 bits per heavy atom. The molecule has 0 atom stereocenters. The Labute approximate surface area is 118 Å². The molecule has 19 heavy (non-hydrogen) atoms. The Morgan fingerprint density at radius 2 is 1.95 bits per heavy atom. The van der Waals surface area contributed by atoms with Crippen LogP contribution < -0.4 is 10.6 Å².